The Labute approximate surface area is 121 Å². The van der Waals surface area contributed by atoms with Crippen molar-refractivity contribution in [1.29, 1.82) is 0 Å². The van der Waals surface area contributed by atoms with Crippen molar-refractivity contribution in [1.82, 2.24) is 14.5 Å². The lowest BCUT2D eigenvalue weighted by Crippen LogP contribution is -2.53. The number of piperazine rings is 1. The van der Waals surface area contributed by atoms with Gasteiger partial charge in [0.1, 0.15) is 10.7 Å². The lowest BCUT2D eigenvalue weighted by atomic mass is 10.2. The molecule has 0 saturated carbocycles. The number of amides is 2. The van der Waals surface area contributed by atoms with E-state index in [1.54, 1.807) is 4.90 Å². The van der Waals surface area contributed by atoms with E-state index >= 15 is 0 Å². The monoisotopic (exact) mass is 314 g/mol. The Kier molecular flexibility index (Phi) is 3.25. The number of halogens is 1. The van der Waals surface area contributed by atoms with Crippen LogP contribution in [-0.4, -0.2) is 55.9 Å². The Morgan fingerprint density at radius 1 is 1.33 bits per heavy atom. The first-order chi connectivity index (χ1) is 9.91. The highest BCUT2D eigenvalue weighted by atomic mass is 32.2. The van der Waals surface area contributed by atoms with Gasteiger partial charge >= 0.3 is 6.03 Å². The second kappa shape index (κ2) is 4.85. The fourth-order valence-corrected chi connectivity index (χ4v) is 4.35. The summed E-state index contributed by atoms with van der Waals surface area (Å²) in [5.74, 6) is -0.863. The molecule has 3 N–H and O–H groups in total. The number of nitrogens with two attached hydrogens (primary N) is 1. The number of sulfonamides is 1. The van der Waals surface area contributed by atoms with E-state index in [0.717, 1.165) is 6.07 Å². The molecule has 3 rings (SSSR count). The van der Waals surface area contributed by atoms with Gasteiger partial charge in [0.05, 0.1) is 11.7 Å². The number of anilines is 1. The molecule has 0 aliphatic carbocycles. The van der Waals surface area contributed by atoms with Gasteiger partial charge in [-0.05, 0) is 12.1 Å². The summed E-state index contributed by atoms with van der Waals surface area (Å²) in [5.41, 5.74) is 5.51. The third-order valence-electron chi connectivity index (χ3n) is 3.79. The van der Waals surface area contributed by atoms with Crippen LogP contribution >= 0.6 is 0 Å². The van der Waals surface area contributed by atoms with Gasteiger partial charge in [-0.15, -0.1) is 0 Å². The molecule has 2 aliphatic heterocycles. The summed E-state index contributed by atoms with van der Waals surface area (Å²) in [6.45, 7) is 0.927. The van der Waals surface area contributed by atoms with E-state index in [9.17, 15) is 17.6 Å². The van der Waals surface area contributed by atoms with Crippen molar-refractivity contribution < 1.29 is 17.6 Å². The minimum absolute atomic E-state index is 0.113. The van der Waals surface area contributed by atoms with E-state index < -0.39 is 20.7 Å². The third kappa shape index (κ3) is 2.22. The maximum atomic E-state index is 13.9. The fraction of sp³-hybridized carbons (Fsp3) is 0.417. The number of nitrogens with one attached hydrogen (secondary N) is 1. The lowest BCUT2D eigenvalue weighted by molar-refractivity contribution is 0.164. The van der Waals surface area contributed by atoms with Gasteiger partial charge in [0.2, 0.25) is 10.0 Å². The largest absolute Gasteiger partial charge is 0.398 e. The van der Waals surface area contributed by atoms with E-state index in [0.29, 0.717) is 6.54 Å². The molecule has 0 spiro atoms. The van der Waals surface area contributed by atoms with Crippen LogP contribution < -0.4 is 11.1 Å². The highest BCUT2D eigenvalue weighted by Gasteiger charge is 2.40. The van der Waals surface area contributed by atoms with Crippen LogP contribution in [0.25, 0.3) is 0 Å². The maximum absolute atomic E-state index is 13.9. The minimum atomic E-state index is -4.01. The average Bonchev–Trinajstić information content (AvgIpc) is 2.79. The molecule has 0 radical (unpaired) electrons. The van der Waals surface area contributed by atoms with Crippen LogP contribution in [0.1, 0.15) is 0 Å². The Morgan fingerprint density at radius 2 is 2.10 bits per heavy atom. The second-order valence-electron chi connectivity index (χ2n) is 5.05. The molecule has 21 heavy (non-hydrogen) atoms. The molecule has 2 fully saturated rings. The number of hydrogen-bond donors (Lipinski definition) is 2. The van der Waals surface area contributed by atoms with Crippen LogP contribution in [0.3, 0.4) is 0 Å². The number of fused-ring (bicyclic) bond motifs is 1. The Morgan fingerprint density at radius 3 is 2.81 bits per heavy atom. The molecule has 2 aliphatic rings. The van der Waals surface area contributed by atoms with Crippen molar-refractivity contribution in [2.75, 3.05) is 31.9 Å². The molecule has 2 amide bonds. The molecule has 1 atom stereocenters. The van der Waals surface area contributed by atoms with E-state index in [2.05, 4.69) is 5.32 Å². The van der Waals surface area contributed by atoms with Crippen LogP contribution in [0.2, 0.25) is 0 Å². The predicted molar refractivity (Wildman–Crippen MR) is 73.5 cm³/mol. The molecule has 1 unspecified atom stereocenters. The number of rotatable bonds is 2. The minimum Gasteiger partial charge on any atom is -0.398 e. The zero-order chi connectivity index (χ0) is 15.2. The van der Waals surface area contributed by atoms with Crippen LogP contribution in [0.15, 0.2) is 23.1 Å². The normalized spacial score (nSPS) is 23.0. The molecule has 0 aromatic heterocycles. The van der Waals surface area contributed by atoms with Crippen molar-refractivity contribution in [3.63, 3.8) is 0 Å². The quantitative estimate of drug-likeness (QED) is 0.739. The lowest BCUT2D eigenvalue weighted by Gasteiger charge is -2.35. The summed E-state index contributed by atoms with van der Waals surface area (Å²) >= 11 is 0. The van der Waals surface area contributed by atoms with Crippen LogP contribution in [0.4, 0.5) is 14.9 Å². The van der Waals surface area contributed by atoms with Crippen molar-refractivity contribution >= 4 is 21.7 Å². The molecule has 0 bridgehead atoms. The van der Waals surface area contributed by atoms with Gasteiger partial charge in [0, 0.05) is 26.2 Å². The van der Waals surface area contributed by atoms with Crippen molar-refractivity contribution in [3.8, 4) is 0 Å². The maximum Gasteiger partial charge on any atom is 0.317 e. The highest BCUT2D eigenvalue weighted by Crippen LogP contribution is 2.27. The van der Waals surface area contributed by atoms with Gasteiger partial charge in [0.15, 0.2) is 0 Å². The zero-order valence-corrected chi connectivity index (χ0v) is 11.9. The Hall–Kier alpha value is -1.87. The summed E-state index contributed by atoms with van der Waals surface area (Å²) in [4.78, 5) is 12.6. The molecule has 2 saturated heterocycles. The van der Waals surface area contributed by atoms with Gasteiger partial charge in [-0.3, -0.25) is 0 Å². The molecule has 114 valence electrons. The number of nitrogen functional groups attached to an aromatic ring is 1. The second-order valence-corrected chi connectivity index (χ2v) is 6.93. The van der Waals surface area contributed by atoms with Gasteiger partial charge < -0.3 is 16.0 Å². The van der Waals surface area contributed by atoms with Crippen molar-refractivity contribution in [2.45, 2.75) is 10.9 Å². The molecular formula is C12H15FN4O3S. The van der Waals surface area contributed by atoms with Crippen LogP contribution in [0, 0.1) is 5.82 Å². The fourth-order valence-electron chi connectivity index (χ4n) is 2.72. The highest BCUT2D eigenvalue weighted by molar-refractivity contribution is 7.89. The first-order valence-corrected chi connectivity index (χ1v) is 7.94. The molecule has 9 heteroatoms. The van der Waals surface area contributed by atoms with E-state index in [-0.39, 0.29) is 37.4 Å². The van der Waals surface area contributed by atoms with E-state index in [1.165, 1.54) is 16.4 Å². The molecular weight excluding hydrogens is 299 g/mol. The molecule has 7 nitrogen and oxygen atoms in total. The first kappa shape index (κ1) is 14.1. The standard InChI is InChI=1S/C12H15FN4O3S/c13-9-2-1-3-10(14)11(9)21(19,20)16-4-5-17-8(7-16)6-15-12(17)18/h1-3,8H,4-7,14H2,(H,15,18). The SMILES string of the molecule is Nc1cccc(F)c1S(=O)(=O)N1CCN2C(=O)NCC2C1. The Bertz CT molecular complexity index is 673. The molecule has 1 aromatic rings. The summed E-state index contributed by atoms with van der Waals surface area (Å²) in [7, 11) is -4.01. The van der Waals surface area contributed by atoms with Crippen LogP contribution in [0.5, 0.6) is 0 Å². The van der Waals surface area contributed by atoms with Crippen LogP contribution in [-0.2, 0) is 10.0 Å². The number of carbonyl (C=O) groups is 1. The van der Waals surface area contributed by atoms with Gasteiger partial charge in [-0.25, -0.2) is 17.6 Å². The van der Waals surface area contributed by atoms with E-state index in [4.69, 9.17) is 5.73 Å². The first-order valence-electron chi connectivity index (χ1n) is 6.50. The number of urea groups is 1. The van der Waals surface area contributed by atoms with E-state index in [1.807, 2.05) is 0 Å². The predicted octanol–water partition coefficient (Wildman–Crippen LogP) is -0.194. The number of hydrogen-bond acceptors (Lipinski definition) is 4. The number of benzene rings is 1. The smallest absolute Gasteiger partial charge is 0.317 e. The van der Waals surface area contributed by atoms with Gasteiger partial charge in [-0.2, -0.15) is 4.31 Å². The number of nitrogens with zero attached hydrogens (tertiary/aromatic N) is 2. The Balaban J connectivity index is 1.91. The summed E-state index contributed by atoms with van der Waals surface area (Å²) < 4.78 is 40.2. The summed E-state index contributed by atoms with van der Waals surface area (Å²) in [5, 5.41) is 2.66. The van der Waals surface area contributed by atoms with Crippen molar-refractivity contribution in [2.24, 2.45) is 0 Å². The van der Waals surface area contributed by atoms with Crippen molar-refractivity contribution in [3.05, 3.63) is 24.0 Å². The zero-order valence-electron chi connectivity index (χ0n) is 11.1. The topological polar surface area (TPSA) is 95.7 Å². The molecule has 2 heterocycles. The van der Waals surface area contributed by atoms with Gasteiger partial charge in [-0.1, -0.05) is 6.07 Å². The summed E-state index contributed by atoms with van der Waals surface area (Å²) in [6.07, 6.45) is 0. The average molecular weight is 314 g/mol. The number of carbonyl (C=O) groups excluding carboxylic acids is 1. The van der Waals surface area contributed by atoms with Gasteiger partial charge in [0.25, 0.3) is 0 Å². The third-order valence-corrected chi connectivity index (χ3v) is 5.75. The summed E-state index contributed by atoms with van der Waals surface area (Å²) in [6, 6.07) is 3.37. The molecule has 1 aromatic carbocycles.